The lowest BCUT2D eigenvalue weighted by Crippen LogP contribution is -2.27. The summed E-state index contributed by atoms with van der Waals surface area (Å²) in [6, 6.07) is 12.2. The molecule has 0 bridgehead atoms. The van der Waals surface area contributed by atoms with E-state index in [4.69, 9.17) is 4.74 Å². The Morgan fingerprint density at radius 1 is 1.12 bits per heavy atom. The van der Waals surface area contributed by atoms with Crippen molar-refractivity contribution in [2.24, 2.45) is 5.92 Å². The number of amides is 1. The van der Waals surface area contributed by atoms with E-state index in [-0.39, 0.29) is 17.8 Å². The average Bonchev–Trinajstić information content (AvgIpc) is 3.24. The third kappa shape index (κ3) is 6.92. The van der Waals surface area contributed by atoms with Crippen LogP contribution in [0.25, 0.3) is 0 Å². The Labute approximate surface area is 206 Å². The van der Waals surface area contributed by atoms with Crippen molar-refractivity contribution in [3.8, 4) is 0 Å². The number of esters is 1. The Morgan fingerprint density at radius 2 is 1.82 bits per heavy atom. The molecule has 1 aliphatic rings. The summed E-state index contributed by atoms with van der Waals surface area (Å²) >= 11 is 3.58. The molecule has 33 heavy (non-hydrogen) atoms. The highest BCUT2D eigenvalue weighted by Gasteiger charge is 2.32. The van der Waals surface area contributed by atoms with Gasteiger partial charge in [0.05, 0.1) is 5.92 Å². The molecule has 1 amide bonds. The summed E-state index contributed by atoms with van der Waals surface area (Å²) in [6.45, 7) is 9.70. The minimum absolute atomic E-state index is 0.0519. The first-order valence-corrected chi connectivity index (χ1v) is 12.7. The molecule has 5 heteroatoms. The van der Waals surface area contributed by atoms with E-state index in [1.807, 2.05) is 52.0 Å². The number of ether oxygens (including phenoxy) is 1. The van der Waals surface area contributed by atoms with Gasteiger partial charge in [-0.05, 0) is 94.2 Å². The van der Waals surface area contributed by atoms with Gasteiger partial charge in [-0.1, -0.05) is 53.0 Å². The van der Waals surface area contributed by atoms with Crippen LogP contribution >= 0.6 is 15.9 Å². The molecule has 178 valence electrons. The fourth-order valence-electron chi connectivity index (χ4n) is 4.72. The molecular weight excluding hydrogens is 478 g/mol. The van der Waals surface area contributed by atoms with Crippen molar-refractivity contribution in [1.82, 2.24) is 0 Å². The summed E-state index contributed by atoms with van der Waals surface area (Å²) in [4.78, 5) is 25.7. The van der Waals surface area contributed by atoms with E-state index in [1.165, 1.54) is 12.8 Å². The number of hydrogen-bond acceptors (Lipinski definition) is 3. The maximum absolute atomic E-state index is 13.6. The van der Waals surface area contributed by atoms with Crippen LogP contribution in [0.15, 0.2) is 40.9 Å². The molecule has 1 N–H and O–H groups in total. The molecule has 0 spiro atoms. The van der Waals surface area contributed by atoms with Gasteiger partial charge in [-0.3, -0.25) is 9.59 Å². The molecule has 1 saturated carbocycles. The van der Waals surface area contributed by atoms with Crippen molar-refractivity contribution >= 4 is 33.5 Å². The third-order valence-corrected chi connectivity index (χ3v) is 7.31. The molecule has 0 aliphatic heterocycles. The van der Waals surface area contributed by atoms with Crippen molar-refractivity contribution < 1.29 is 14.3 Å². The molecule has 1 atom stereocenters. The van der Waals surface area contributed by atoms with Crippen LogP contribution in [0.2, 0.25) is 0 Å². The molecule has 2 aromatic carbocycles. The molecule has 0 aromatic heterocycles. The van der Waals surface area contributed by atoms with E-state index in [9.17, 15) is 9.59 Å². The fraction of sp³-hybridized carbons (Fsp3) is 0.500. The van der Waals surface area contributed by atoms with E-state index < -0.39 is 5.60 Å². The molecule has 0 saturated heterocycles. The summed E-state index contributed by atoms with van der Waals surface area (Å²) in [5.74, 6) is 0.0459. The zero-order chi connectivity index (χ0) is 24.2. The second-order valence-electron chi connectivity index (χ2n) is 10.2. The highest BCUT2D eigenvalue weighted by molar-refractivity contribution is 9.10. The molecule has 0 heterocycles. The Balaban J connectivity index is 1.77. The first kappa shape index (κ1) is 25.5. The van der Waals surface area contributed by atoms with E-state index in [0.29, 0.717) is 18.8 Å². The minimum Gasteiger partial charge on any atom is -0.460 e. The smallest absolute Gasteiger partial charge is 0.306 e. The summed E-state index contributed by atoms with van der Waals surface area (Å²) in [5.41, 5.74) is 4.62. The van der Waals surface area contributed by atoms with Crippen molar-refractivity contribution in [2.45, 2.75) is 84.7 Å². The van der Waals surface area contributed by atoms with Crippen LogP contribution in [0.5, 0.6) is 0 Å². The zero-order valence-electron chi connectivity index (χ0n) is 20.5. The van der Waals surface area contributed by atoms with Gasteiger partial charge < -0.3 is 10.1 Å². The summed E-state index contributed by atoms with van der Waals surface area (Å²) in [7, 11) is 0. The predicted octanol–water partition coefficient (Wildman–Crippen LogP) is 7.25. The van der Waals surface area contributed by atoms with Gasteiger partial charge in [-0.2, -0.15) is 0 Å². The predicted molar refractivity (Wildman–Crippen MR) is 138 cm³/mol. The highest BCUT2D eigenvalue weighted by atomic mass is 79.9. The highest BCUT2D eigenvalue weighted by Crippen LogP contribution is 2.39. The maximum Gasteiger partial charge on any atom is 0.306 e. The maximum atomic E-state index is 13.6. The van der Waals surface area contributed by atoms with Crippen molar-refractivity contribution in [3.05, 3.63) is 63.1 Å². The van der Waals surface area contributed by atoms with Gasteiger partial charge in [0.15, 0.2) is 0 Å². The number of carbonyl (C=O) groups excluding carboxylic acids is 2. The zero-order valence-corrected chi connectivity index (χ0v) is 22.1. The van der Waals surface area contributed by atoms with E-state index in [1.54, 1.807) is 0 Å². The van der Waals surface area contributed by atoms with E-state index in [2.05, 4.69) is 40.3 Å². The van der Waals surface area contributed by atoms with Crippen LogP contribution in [0.1, 0.15) is 81.0 Å². The standard InChI is InChI=1S/C28H36BrNO3/c1-18-17-22(13-15-23(18)29)26(21-9-6-7-10-21)27(32)30-24-12-8-11-20(19(24)2)14-16-25(31)33-28(3,4)5/h8,11-13,15,17,21,26H,6-7,9-10,14,16H2,1-5H3,(H,30,32). The first-order valence-electron chi connectivity index (χ1n) is 11.9. The SMILES string of the molecule is Cc1cc(C(C(=O)Nc2cccc(CCC(=O)OC(C)(C)C)c2C)C2CCCC2)ccc1Br. The van der Waals surface area contributed by atoms with Gasteiger partial charge in [0.25, 0.3) is 0 Å². The lowest BCUT2D eigenvalue weighted by atomic mass is 9.83. The summed E-state index contributed by atoms with van der Waals surface area (Å²) in [6.07, 6.45) is 5.44. The molecule has 1 aliphatic carbocycles. The molecule has 1 unspecified atom stereocenters. The molecule has 0 radical (unpaired) electrons. The second-order valence-corrected chi connectivity index (χ2v) is 11.1. The Morgan fingerprint density at radius 3 is 2.45 bits per heavy atom. The molecule has 2 aromatic rings. The Bertz CT molecular complexity index is 1000. The monoisotopic (exact) mass is 513 g/mol. The number of aryl methyl sites for hydroxylation is 2. The van der Waals surface area contributed by atoms with Crippen molar-refractivity contribution in [2.75, 3.05) is 5.32 Å². The van der Waals surface area contributed by atoms with Gasteiger partial charge in [0.2, 0.25) is 5.91 Å². The lowest BCUT2D eigenvalue weighted by molar-refractivity contribution is -0.154. The molecular formula is C28H36BrNO3. The molecule has 4 nitrogen and oxygen atoms in total. The van der Waals surface area contributed by atoms with Crippen LogP contribution in [0.3, 0.4) is 0 Å². The number of halogens is 1. The fourth-order valence-corrected chi connectivity index (χ4v) is 4.97. The molecule has 3 rings (SSSR count). The van der Waals surface area contributed by atoms with E-state index in [0.717, 1.165) is 45.3 Å². The average molecular weight is 515 g/mol. The molecule has 1 fully saturated rings. The van der Waals surface area contributed by atoms with Crippen LogP contribution in [0, 0.1) is 19.8 Å². The third-order valence-electron chi connectivity index (χ3n) is 6.42. The number of rotatable bonds is 7. The van der Waals surface area contributed by atoms with Crippen LogP contribution in [-0.2, 0) is 20.7 Å². The van der Waals surface area contributed by atoms with Crippen molar-refractivity contribution in [3.63, 3.8) is 0 Å². The largest absolute Gasteiger partial charge is 0.460 e. The number of carbonyl (C=O) groups is 2. The normalized spacial score (nSPS) is 15.3. The Kier molecular flexibility index (Phi) is 8.38. The summed E-state index contributed by atoms with van der Waals surface area (Å²) in [5, 5.41) is 3.22. The van der Waals surface area contributed by atoms with Crippen LogP contribution in [0.4, 0.5) is 5.69 Å². The van der Waals surface area contributed by atoms with Gasteiger partial charge >= 0.3 is 5.97 Å². The van der Waals surface area contributed by atoms with Gasteiger partial charge in [-0.15, -0.1) is 0 Å². The quantitative estimate of drug-likeness (QED) is 0.396. The number of anilines is 1. The van der Waals surface area contributed by atoms with Crippen molar-refractivity contribution in [1.29, 1.82) is 0 Å². The number of nitrogens with one attached hydrogen (secondary N) is 1. The van der Waals surface area contributed by atoms with Gasteiger partial charge in [0, 0.05) is 16.6 Å². The topological polar surface area (TPSA) is 55.4 Å². The number of benzene rings is 2. The van der Waals surface area contributed by atoms with Gasteiger partial charge in [0.1, 0.15) is 5.60 Å². The van der Waals surface area contributed by atoms with Gasteiger partial charge in [-0.25, -0.2) is 0 Å². The van der Waals surface area contributed by atoms with Crippen LogP contribution < -0.4 is 5.32 Å². The first-order chi connectivity index (χ1) is 15.5. The minimum atomic E-state index is -0.484. The lowest BCUT2D eigenvalue weighted by Gasteiger charge is -2.24. The van der Waals surface area contributed by atoms with Crippen LogP contribution in [-0.4, -0.2) is 17.5 Å². The Hall–Kier alpha value is -2.14. The summed E-state index contributed by atoms with van der Waals surface area (Å²) < 4.78 is 6.50. The number of hydrogen-bond donors (Lipinski definition) is 1. The second kappa shape index (κ2) is 10.9. The van der Waals surface area contributed by atoms with E-state index >= 15 is 0 Å².